The number of carbonyl (C=O) groups is 1. The first-order valence-corrected chi connectivity index (χ1v) is 4.72. The Morgan fingerprint density at radius 1 is 1.64 bits per heavy atom. The molecule has 0 saturated heterocycles. The van der Waals surface area contributed by atoms with Crippen LogP contribution in [0, 0.1) is 0 Å². The van der Waals surface area contributed by atoms with Crippen LogP contribution < -0.4 is 5.32 Å². The molecule has 2 N–H and O–H groups in total. The molecule has 0 aromatic carbocycles. The molecule has 1 amide bonds. The summed E-state index contributed by atoms with van der Waals surface area (Å²) in [6, 6.07) is 1.60. The summed E-state index contributed by atoms with van der Waals surface area (Å²) in [6.45, 7) is 0.330. The van der Waals surface area contributed by atoms with Crippen LogP contribution in [0.2, 0.25) is 0 Å². The van der Waals surface area contributed by atoms with Crippen LogP contribution in [-0.4, -0.2) is 23.2 Å². The van der Waals surface area contributed by atoms with Crippen molar-refractivity contribution in [2.75, 3.05) is 6.54 Å². The van der Waals surface area contributed by atoms with Gasteiger partial charge >= 0.3 is 0 Å². The highest BCUT2D eigenvalue weighted by molar-refractivity contribution is 5.93. The fourth-order valence-electron chi connectivity index (χ4n) is 1.50. The summed E-state index contributed by atoms with van der Waals surface area (Å²) in [6.07, 6.45) is 5.43. The summed E-state index contributed by atoms with van der Waals surface area (Å²) in [7, 11) is 0. The third-order valence-corrected chi connectivity index (χ3v) is 2.65. The lowest BCUT2D eigenvalue weighted by molar-refractivity contribution is -0.0300. The fraction of sp³-hybridized carbons (Fsp3) is 0.500. The predicted molar refractivity (Wildman–Crippen MR) is 49.8 cm³/mol. The van der Waals surface area contributed by atoms with Gasteiger partial charge in [-0.15, -0.1) is 0 Å². The largest absolute Gasteiger partial charge is 0.472 e. The van der Waals surface area contributed by atoms with E-state index in [0.29, 0.717) is 12.1 Å². The number of nitrogens with one attached hydrogen (secondary N) is 1. The van der Waals surface area contributed by atoms with E-state index in [9.17, 15) is 9.90 Å². The Labute approximate surface area is 81.9 Å². The Kier molecular flexibility index (Phi) is 2.29. The lowest BCUT2D eigenvalue weighted by Gasteiger charge is -2.36. The highest BCUT2D eigenvalue weighted by Crippen LogP contribution is 2.30. The van der Waals surface area contributed by atoms with E-state index in [1.807, 2.05) is 0 Å². The van der Waals surface area contributed by atoms with Crippen LogP contribution in [0.25, 0.3) is 0 Å². The molecule has 1 aliphatic rings. The zero-order valence-corrected chi connectivity index (χ0v) is 7.82. The Bertz CT molecular complexity index is 314. The smallest absolute Gasteiger partial charge is 0.254 e. The average Bonchev–Trinajstić information content (AvgIpc) is 2.63. The van der Waals surface area contributed by atoms with Crippen LogP contribution in [0.15, 0.2) is 23.0 Å². The van der Waals surface area contributed by atoms with Gasteiger partial charge in [0.05, 0.1) is 17.4 Å². The third kappa shape index (κ3) is 1.80. The van der Waals surface area contributed by atoms with Crippen molar-refractivity contribution < 1.29 is 14.3 Å². The van der Waals surface area contributed by atoms with Crippen LogP contribution in [0.1, 0.15) is 29.6 Å². The maximum Gasteiger partial charge on any atom is 0.254 e. The quantitative estimate of drug-likeness (QED) is 0.754. The normalized spacial score (nSPS) is 18.6. The van der Waals surface area contributed by atoms with Crippen molar-refractivity contribution in [3.63, 3.8) is 0 Å². The van der Waals surface area contributed by atoms with Crippen molar-refractivity contribution in [1.29, 1.82) is 0 Å². The minimum Gasteiger partial charge on any atom is -0.472 e. The van der Waals surface area contributed by atoms with Crippen LogP contribution in [-0.2, 0) is 0 Å². The number of hydrogen-bond acceptors (Lipinski definition) is 3. The van der Waals surface area contributed by atoms with Gasteiger partial charge in [-0.3, -0.25) is 4.79 Å². The third-order valence-electron chi connectivity index (χ3n) is 2.65. The maximum absolute atomic E-state index is 11.4. The van der Waals surface area contributed by atoms with Gasteiger partial charge in [0, 0.05) is 6.54 Å². The van der Waals surface area contributed by atoms with Gasteiger partial charge in [0.2, 0.25) is 0 Å². The number of hydrogen-bond donors (Lipinski definition) is 2. The summed E-state index contributed by atoms with van der Waals surface area (Å²) >= 11 is 0. The molecule has 76 valence electrons. The van der Waals surface area contributed by atoms with E-state index >= 15 is 0 Å². The van der Waals surface area contributed by atoms with E-state index in [-0.39, 0.29) is 5.91 Å². The summed E-state index contributed by atoms with van der Waals surface area (Å²) in [5.74, 6) is -0.195. The van der Waals surface area contributed by atoms with Crippen molar-refractivity contribution in [3.8, 4) is 0 Å². The number of aliphatic hydroxyl groups is 1. The van der Waals surface area contributed by atoms with Crippen molar-refractivity contribution in [1.82, 2.24) is 5.32 Å². The van der Waals surface area contributed by atoms with Gasteiger partial charge in [-0.1, -0.05) is 0 Å². The maximum atomic E-state index is 11.4. The first kappa shape index (κ1) is 9.27. The highest BCUT2D eigenvalue weighted by atomic mass is 16.3. The number of amides is 1. The second-order valence-electron chi connectivity index (χ2n) is 3.77. The summed E-state index contributed by atoms with van der Waals surface area (Å²) in [5, 5.41) is 12.4. The first-order valence-electron chi connectivity index (χ1n) is 4.72. The van der Waals surface area contributed by atoms with Crippen molar-refractivity contribution in [2.24, 2.45) is 0 Å². The van der Waals surface area contributed by atoms with Crippen LogP contribution in [0.4, 0.5) is 0 Å². The number of carbonyl (C=O) groups excluding carboxylic acids is 1. The lowest BCUT2D eigenvalue weighted by Crippen LogP contribution is -2.47. The zero-order chi connectivity index (χ0) is 10.0. The molecular weight excluding hydrogens is 182 g/mol. The fourth-order valence-corrected chi connectivity index (χ4v) is 1.50. The summed E-state index contributed by atoms with van der Waals surface area (Å²) < 4.78 is 4.78. The molecule has 0 atom stereocenters. The Morgan fingerprint density at radius 3 is 2.93 bits per heavy atom. The zero-order valence-electron chi connectivity index (χ0n) is 7.82. The number of rotatable bonds is 3. The molecule has 14 heavy (non-hydrogen) atoms. The monoisotopic (exact) mass is 195 g/mol. The van der Waals surface area contributed by atoms with Gasteiger partial charge < -0.3 is 14.8 Å². The minimum absolute atomic E-state index is 0.195. The highest BCUT2D eigenvalue weighted by Gasteiger charge is 2.34. The van der Waals surface area contributed by atoms with Gasteiger partial charge in [-0.25, -0.2) is 0 Å². The average molecular weight is 195 g/mol. The lowest BCUT2D eigenvalue weighted by atomic mass is 9.80. The van der Waals surface area contributed by atoms with Crippen LogP contribution in [0.5, 0.6) is 0 Å². The van der Waals surface area contributed by atoms with E-state index < -0.39 is 5.60 Å². The van der Waals surface area contributed by atoms with E-state index in [1.54, 1.807) is 6.07 Å². The van der Waals surface area contributed by atoms with Crippen LogP contribution >= 0.6 is 0 Å². The molecular formula is C10H13NO3. The van der Waals surface area contributed by atoms with Gasteiger partial charge in [0.25, 0.3) is 5.91 Å². The molecule has 1 aromatic rings. The molecule has 0 radical (unpaired) electrons. The summed E-state index contributed by atoms with van der Waals surface area (Å²) in [5.41, 5.74) is -0.174. The Hall–Kier alpha value is -1.29. The molecule has 0 spiro atoms. The molecule has 0 aliphatic heterocycles. The van der Waals surface area contributed by atoms with Crippen molar-refractivity contribution in [2.45, 2.75) is 24.9 Å². The summed E-state index contributed by atoms with van der Waals surface area (Å²) in [4.78, 5) is 11.4. The van der Waals surface area contributed by atoms with E-state index in [1.165, 1.54) is 12.5 Å². The van der Waals surface area contributed by atoms with E-state index in [4.69, 9.17) is 4.42 Å². The molecule has 1 aliphatic carbocycles. The van der Waals surface area contributed by atoms with Crippen molar-refractivity contribution in [3.05, 3.63) is 24.2 Å². The molecule has 1 fully saturated rings. The molecule has 4 nitrogen and oxygen atoms in total. The molecule has 1 heterocycles. The van der Waals surface area contributed by atoms with E-state index in [2.05, 4.69) is 5.32 Å². The first-order chi connectivity index (χ1) is 6.70. The standard InChI is InChI=1S/C10H13NO3/c12-9(8-2-5-14-6-8)11-7-10(13)3-1-4-10/h2,5-6,13H,1,3-4,7H2,(H,11,12). The number of furan rings is 1. The molecule has 1 saturated carbocycles. The molecule has 2 rings (SSSR count). The minimum atomic E-state index is -0.667. The van der Waals surface area contributed by atoms with Crippen LogP contribution in [0.3, 0.4) is 0 Å². The SMILES string of the molecule is O=C(NCC1(O)CCC1)c1ccoc1. The molecule has 4 heteroatoms. The molecule has 0 unspecified atom stereocenters. The second-order valence-corrected chi connectivity index (χ2v) is 3.77. The van der Waals surface area contributed by atoms with Gasteiger partial charge in [-0.2, -0.15) is 0 Å². The Morgan fingerprint density at radius 2 is 2.43 bits per heavy atom. The van der Waals surface area contributed by atoms with Gasteiger partial charge in [0.1, 0.15) is 6.26 Å². The van der Waals surface area contributed by atoms with Gasteiger partial charge in [0.15, 0.2) is 0 Å². The van der Waals surface area contributed by atoms with E-state index in [0.717, 1.165) is 19.3 Å². The molecule has 0 bridgehead atoms. The Balaban J connectivity index is 1.84. The van der Waals surface area contributed by atoms with Gasteiger partial charge in [-0.05, 0) is 25.3 Å². The molecule has 1 aromatic heterocycles. The van der Waals surface area contributed by atoms with Crippen molar-refractivity contribution >= 4 is 5.91 Å². The topological polar surface area (TPSA) is 62.5 Å². The second kappa shape index (κ2) is 3.46. The predicted octanol–water partition coefficient (Wildman–Crippen LogP) is 0.924.